The Morgan fingerprint density at radius 3 is 2.27 bits per heavy atom. The van der Waals surface area contributed by atoms with Crippen LogP contribution >= 0.6 is 15.9 Å². The van der Waals surface area contributed by atoms with Crippen molar-refractivity contribution in [1.29, 1.82) is 0 Å². The van der Waals surface area contributed by atoms with E-state index in [0.717, 1.165) is 21.2 Å². The summed E-state index contributed by atoms with van der Waals surface area (Å²) < 4.78 is 1.06. The number of aryl methyl sites for hydroxylation is 2. The highest BCUT2D eigenvalue weighted by Gasteiger charge is 2.19. The lowest BCUT2D eigenvalue weighted by molar-refractivity contribution is 0.152. The number of hydrogen-bond donors (Lipinski definition) is 2. The Morgan fingerprint density at radius 1 is 1.27 bits per heavy atom. The second-order valence-corrected chi connectivity index (χ2v) is 4.96. The van der Waals surface area contributed by atoms with Crippen molar-refractivity contribution in [2.24, 2.45) is 5.73 Å². The first-order valence-corrected chi connectivity index (χ1v) is 5.85. The molecule has 0 bridgehead atoms. The van der Waals surface area contributed by atoms with Gasteiger partial charge in [-0.15, -0.1) is 0 Å². The number of benzene rings is 1. The van der Waals surface area contributed by atoms with Crippen LogP contribution in [0.25, 0.3) is 0 Å². The van der Waals surface area contributed by atoms with Crippen molar-refractivity contribution in [3.8, 4) is 0 Å². The highest BCUT2D eigenvalue weighted by molar-refractivity contribution is 9.10. The van der Waals surface area contributed by atoms with Crippen molar-refractivity contribution >= 4 is 15.9 Å². The molecule has 1 aromatic rings. The van der Waals surface area contributed by atoms with Crippen LogP contribution in [0.4, 0.5) is 0 Å². The van der Waals surface area contributed by atoms with Gasteiger partial charge in [0.25, 0.3) is 0 Å². The van der Waals surface area contributed by atoms with Crippen LogP contribution in [0, 0.1) is 20.8 Å². The van der Waals surface area contributed by atoms with Gasteiger partial charge >= 0.3 is 0 Å². The Morgan fingerprint density at radius 2 is 1.80 bits per heavy atom. The lowest BCUT2D eigenvalue weighted by atomic mass is 9.93. The quantitative estimate of drug-likeness (QED) is 0.869. The van der Waals surface area contributed by atoms with E-state index in [1.54, 1.807) is 0 Å². The third-order valence-electron chi connectivity index (χ3n) is 2.73. The molecule has 2 unspecified atom stereocenters. The average Bonchev–Trinajstić information content (AvgIpc) is 2.14. The first-order valence-electron chi connectivity index (χ1n) is 5.06. The summed E-state index contributed by atoms with van der Waals surface area (Å²) in [7, 11) is 0. The summed E-state index contributed by atoms with van der Waals surface area (Å²) in [5.41, 5.74) is 10.0. The molecule has 0 aliphatic rings. The van der Waals surface area contributed by atoms with Crippen LogP contribution < -0.4 is 5.73 Å². The van der Waals surface area contributed by atoms with Gasteiger partial charge in [-0.3, -0.25) is 0 Å². The highest BCUT2D eigenvalue weighted by Crippen LogP contribution is 2.31. The second-order valence-electron chi connectivity index (χ2n) is 4.17. The van der Waals surface area contributed by atoms with Gasteiger partial charge in [-0.1, -0.05) is 22.0 Å². The molecular weight excluding hydrogens is 254 g/mol. The Labute approximate surface area is 99.6 Å². The fraction of sp³-hybridized carbons (Fsp3) is 0.500. The largest absolute Gasteiger partial charge is 0.387 e. The smallest absolute Gasteiger partial charge is 0.0943 e. The van der Waals surface area contributed by atoms with Crippen molar-refractivity contribution in [1.82, 2.24) is 0 Å². The highest BCUT2D eigenvalue weighted by atomic mass is 79.9. The summed E-state index contributed by atoms with van der Waals surface area (Å²) in [5, 5.41) is 10.0. The zero-order valence-electron chi connectivity index (χ0n) is 9.63. The predicted molar refractivity (Wildman–Crippen MR) is 67.0 cm³/mol. The van der Waals surface area contributed by atoms with Crippen LogP contribution in [0.2, 0.25) is 0 Å². The van der Waals surface area contributed by atoms with Crippen molar-refractivity contribution in [2.45, 2.75) is 39.8 Å². The normalized spacial score (nSPS) is 15.1. The summed E-state index contributed by atoms with van der Waals surface area (Å²) in [4.78, 5) is 0. The molecule has 2 atom stereocenters. The second kappa shape index (κ2) is 4.64. The maximum absolute atomic E-state index is 10.0. The van der Waals surface area contributed by atoms with Crippen molar-refractivity contribution in [3.05, 3.63) is 32.8 Å². The fourth-order valence-corrected chi connectivity index (χ4v) is 2.22. The molecule has 0 saturated carbocycles. The Bertz CT molecular complexity index is 374. The monoisotopic (exact) mass is 271 g/mol. The minimum atomic E-state index is -0.595. The van der Waals surface area contributed by atoms with E-state index in [1.165, 1.54) is 5.56 Å². The number of rotatable bonds is 2. The standard InChI is InChI=1S/C12H18BrNO/c1-6-5-7(2)11(13)8(3)10(6)12(15)9(4)14/h5,9,12,15H,14H2,1-4H3. The summed E-state index contributed by atoms with van der Waals surface area (Å²) in [6.07, 6.45) is -0.595. The Balaban J connectivity index is 3.36. The third kappa shape index (κ3) is 2.41. The van der Waals surface area contributed by atoms with E-state index < -0.39 is 6.10 Å². The van der Waals surface area contributed by atoms with Crippen LogP contribution in [0.15, 0.2) is 10.5 Å². The molecule has 2 nitrogen and oxygen atoms in total. The van der Waals surface area contributed by atoms with Gasteiger partial charge in [-0.2, -0.15) is 0 Å². The molecule has 0 fully saturated rings. The first kappa shape index (κ1) is 12.7. The molecule has 84 valence electrons. The topological polar surface area (TPSA) is 46.2 Å². The number of halogens is 1. The van der Waals surface area contributed by atoms with Crippen molar-refractivity contribution in [3.63, 3.8) is 0 Å². The maximum Gasteiger partial charge on any atom is 0.0943 e. The van der Waals surface area contributed by atoms with E-state index in [4.69, 9.17) is 5.73 Å². The van der Waals surface area contributed by atoms with Crippen LogP contribution in [-0.2, 0) is 0 Å². The summed E-state index contributed by atoms with van der Waals surface area (Å²) in [6.45, 7) is 7.88. The van der Waals surface area contributed by atoms with Crippen LogP contribution in [0.1, 0.15) is 35.3 Å². The molecule has 1 rings (SSSR count). The van der Waals surface area contributed by atoms with E-state index >= 15 is 0 Å². The molecule has 0 aromatic heterocycles. The molecule has 15 heavy (non-hydrogen) atoms. The number of hydrogen-bond acceptors (Lipinski definition) is 2. The lowest BCUT2D eigenvalue weighted by Crippen LogP contribution is -2.25. The molecule has 0 spiro atoms. The number of nitrogens with two attached hydrogens (primary N) is 1. The molecule has 1 aromatic carbocycles. The molecule has 3 N–H and O–H groups in total. The molecule has 0 radical (unpaired) electrons. The van der Waals surface area contributed by atoms with Gasteiger partial charge in [0.1, 0.15) is 0 Å². The number of aliphatic hydroxyl groups excluding tert-OH is 1. The minimum absolute atomic E-state index is 0.253. The number of aliphatic hydroxyl groups is 1. The summed E-state index contributed by atoms with van der Waals surface area (Å²) >= 11 is 3.53. The molecule has 0 aliphatic heterocycles. The SMILES string of the molecule is Cc1cc(C)c(C(O)C(C)N)c(C)c1Br. The van der Waals surface area contributed by atoms with Crippen LogP contribution in [0.5, 0.6) is 0 Å². The average molecular weight is 272 g/mol. The predicted octanol–water partition coefficient (Wildman–Crippen LogP) is 2.75. The fourth-order valence-electron chi connectivity index (χ4n) is 1.89. The molecule has 0 saturated heterocycles. The van der Waals surface area contributed by atoms with Gasteiger partial charge in [0, 0.05) is 10.5 Å². The maximum atomic E-state index is 10.0. The molecular formula is C12H18BrNO. The molecule has 3 heteroatoms. The van der Waals surface area contributed by atoms with Gasteiger partial charge in [0.15, 0.2) is 0 Å². The van der Waals surface area contributed by atoms with Crippen LogP contribution in [0.3, 0.4) is 0 Å². The van der Waals surface area contributed by atoms with E-state index in [9.17, 15) is 5.11 Å². The van der Waals surface area contributed by atoms with Crippen molar-refractivity contribution in [2.75, 3.05) is 0 Å². The minimum Gasteiger partial charge on any atom is -0.387 e. The lowest BCUT2D eigenvalue weighted by Gasteiger charge is -2.21. The Kier molecular flexibility index (Phi) is 3.93. The van der Waals surface area contributed by atoms with Crippen molar-refractivity contribution < 1.29 is 5.11 Å². The zero-order chi connectivity index (χ0) is 11.7. The molecule has 0 amide bonds. The van der Waals surface area contributed by atoms with E-state index in [2.05, 4.69) is 22.0 Å². The van der Waals surface area contributed by atoms with Crippen LogP contribution in [-0.4, -0.2) is 11.1 Å². The van der Waals surface area contributed by atoms with E-state index in [-0.39, 0.29) is 6.04 Å². The Hall–Kier alpha value is -0.380. The summed E-state index contributed by atoms with van der Waals surface area (Å²) in [5.74, 6) is 0. The van der Waals surface area contributed by atoms with Gasteiger partial charge in [0.05, 0.1) is 6.10 Å². The molecule has 0 aliphatic carbocycles. The van der Waals surface area contributed by atoms with E-state index in [0.29, 0.717) is 0 Å². The van der Waals surface area contributed by atoms with Gasteiger partial charge in [-0.25, -0.2) is 0 Å². The van der Waals surface area contributed by atoms with Gasteiger partial charge in [0.2, 0.25) is 0 Å². The van der Waals surface area contributed by atoms with Gasteiger partial charge < -0.3 is 10.8 Å². The van der Waals surface area contributed by atoms with Gasteiger partial charge in [-0.05, 0) is 49.9 Å². The molecule has 0 heterocycles. The van der Waals surface area contributed by atoms with E-state index in [1.807, 2.05) is 27.7 Å². The third-order valence-corrected chi connectivity index (χ3v) is 3.95. The zero-order valence-corrected chi connectivity index (χ0v) is 11.2. The first-order chi connectivity index (χ1) is 6.86. The summed E-state index contributed by atoms with van der Waals surface area (Å²) in [6, 6.07) is 1.81.